The summed E-state index contributed by atoms with van der Waals surface area (Å²) in [6.45, 7) is -0.858. The molecule has 0 aromatic heterocycles. The van der Waals surface area contributed by atoms with Gasteiger partial charge in [0.05, 0.1) is 27.8 Å². The molecular weight excluding hydrogens is 665 g/mol. The maximum Gasteiger partial charge on any atom is 0.333 e. The summed E-state index contributed by atoms with van der Waals surface area (Å²) in [5, 5.41) is 39.3. The lowest BCUT2D eigenvalue weighted by atomic mass is 9.83. The molecule has 0 radical (unpaired) electrons. The number of aliphatic hydroxyl groups excluding tert-OH is 2. The van der Waals surface area contributed by atoms with Gasteiger partial charge in [-0.3, -0.25) is 4.79 Å². The molecule has 24 heavy (non-hydrogen) atoms. The first-order valence-corrected chi connectivity index (χ1v) is 9.67. The van der Waals surface area contributed by atoms with E-state index in [4.69, 9.17) is 10.8 Å². The van der Waals surface area contributed by atoms with Gasteiger partial charge in [0.15, 0.2) is 5.54 Å². The van der Waals surface area contributed by atoms with Gasteiger partial charge in [0.1, 0.15) is 0 Å². The molecule has 0 bridgehead atoms. The Kier molecular flexibility index (Phi) is 7.85. The van der Waals surface area contributed by atoms with E-state index in [2.05, 4.69) is 5.32 Å². The van der Waals surface area contributed by atoms with Crippen LogP contribution in [-0.2, 0) is 14.4 Å². The fourth-order valence-corrected chi connectivity index (χ4v) is 6.83. The highest BCUT2D eigenvalue weighted by molar-refractivity contribution is 14.1. The second kappa shape index (κ2) is 8.56. The third-order valence-corrected chi connectivity index (χ3v) is 7.37. The molecule has 0 aliphatic heterocycles. The van der Waals surface area contributed by atoms with Gasteiger partial charge in [-0.1, -0.05) is 22.6 Å². The minimum Gasteiger partial charge on any atom is -0.480 e. The maximum atomic E-state index is 12.4. The fraction of sp³-hybridized carbons (Fsp3) is 0.417. The lowest BCUT2D eigenvalue weighted by Gasteiger charge is -2.36. The Morgan fingerprint density at radius 2 is 1.83 bits per heavy atom. The number of nitrogens with one attached hydrogen (secondary N) is 1. The van der Waals surface area contributed by atoms with Crippen LogP contribution in [0.15, 0.2) is 18.3 Å². The van der Waals surface area contributed by atoms with Crippen molar-refractivity contribution >= 4 is 85.6 Å². The number of halogens is 3. The van der Waals surface area contributed by atoms with E-state index < -0.39 is 40.0 Å². The first-order chi connectivity index (χ1) is 11.0. The zero-order valence-electron chi connectivity index (χ0n) is 11.8. The van der Waals surface area contributed by atoms with E-state index in [9.17, 15) is 29.7 Å². The van der Waals surface area contributed by atoms with E-state index in [1.807, 2.05) is 0 Å². The van der Waals surface area contributed by atoms with E-state index >= 15 is 0 Å². The Morgan fingerprint density at radius 3 is 2.25 bits per heavy atom. The van der Waals surface area contributed by atoms with Gasteiger partial charge >= 0.3 is 11.9 Å². The number of nitrogens with two attached hydrogens (primary N) is 1. The van der Waals surface area contributed by atoms with Crippen molar-refractivity contribution in [2.45, 2.75) is 15.6 Å². The average Bonchev–Trinajstić information content (AvgIpc) is 2.49. The Balaban J connectivity index is 3.46. The van der Waals surface area contributed by atoms with Crippen LogP contribution in [-0.4, -0.2) is 67.0 Å². The van der Waals surface area contributed by atoms with E-state index in [-0.39, 0.29) is 24.9 Å². The molecule has 0 spiro atoms. The topological polar surface area (TPSA) is 170 Å². The molecule has 0 saturated carbocycles. The highest BCUT2D eigenvalue weighted by Crippen LogP contribution is 2.46. The molecule has 1 amide bonds. The molecule has 1 rings (SSSR count). The quantitative estimate of drug-likeness (QED) is 0.162. The second-order valence-corrected chi connectivity index (χ2v) is 8.21. The first kappa shape index (κ1) is 22.0. The van der Waals surface area contributed by atoms with Gasteiger partial charge in [0.2, 0.25) is 0 Å². The Labute approximate surface area is 177 Å². The molecule has 0 aromatic carbocycles. The van der Waals surface area contributed by atoms with Crippen LogP contribution in [0.25, 0.3) is 0 Å². The van der Waals surface area contributed by atoms with Crippen molar-refractivity contribution in [2.75, 3.05) is 13.2 Å². The molecular formula is C12H13I3N2O7. The smallest absolute Gasteiger partial charge is 0.333 e. The number of carbonyl (C=O) groups excluding carboxylic acids is 1. The summed E-state index contributed by atoms with van der Waals surface area (Å²) in [6.07, 6.45) is -1.20. The van der Waals surface area contributed by atoms with E-state index in [0.29, 0.717) is 0 Å². The van der Waals surface area contributed by atoms with Crippen LogP contribution in [0.2, 0.25) is 0 Å². The van der Waals surface area contributed by atoms with Gasteiger partial charge in [-0.05, 0) is 45.2 Å². The number of carbonyl (C=O) groups is 3. The van der Waals surface area contributed by atoms with E-state index in [1.165, 1.54) is 0 Å². The summed E-state index contributed by atoms with van der Waals surface area (Å²) in [5.41, 5.74) is 3.42. The summed E-state index contributed by atoms with van der Waals surface area (Å²) >= 11 is 4.92. The normalized spacial score (nSPS) is 25.5. The second-order valence-electron chi connectivity index (χ2n) is 4.80. The molecule has 3 unspecified atom stereocenters. The van der Waals surface area contributed by atoms with Crippen LogP contribution < -0.4 is 11.1 Å². The maximum absolute atomic E-state index is 12.4. The molecule has 3 atom stereocenters. The lowest BCUT2D eigenvalue weighted by molar-refractivity contribution is -0.141. The Bertz CT molecular complexity index is 649. The van der Waals surface area contributed by atoms with Crippen LogP contribution in [0.3, 0.4) is 0 Å². The number of carboxylic acid groups (broad SMARTS) is 2. The minimum atomic E-state index is -2.08. The summed E-state index contributed by atoms with van der Waals surface area (Å²) in [6, 6.07) is 0. The van der Waals surface area contributed by atoms with Gasteiger partial charge in [-0.2, -0.15) is 0 Å². The first-order valence-electron chi connectivity index (χ1n) is 6.27. The van der Waals surface area contributed by atoms with Crippen molar-refractivity contribution in [2.24, 2.45) is 5.73 Å². The zero-order chi connectivity index (χ0) is 18.8. The lowest BCUT2D eigenvalue weighted by Crippen LogP contribution is -2.59. The molecule has 0 heterocycles. The van der Waals surface area contributed by atoms with Crippen molar-refractivity contribution in [3.05, 3.63) is 18.3 Å². The van der Waals surface area contributed by atoms with Crippen molar-refractivity contribution in [3.63, 3.8) is 0 Å². The molecule has 0 aromatic rings. The van der Waals surface area contributed by atoms with Crippen molar-refractivity contribution < 1.29 is 34.8 Å². The van der Waals surface area contributed by atoms with Gasteiger partial charge in [-0.15, -0.1) is 0 Å². The predicted molar refractivity (Wildman–Crippen MR) is 108 cm³/mol. The zero-order valence-corrected chi connectivity index (χ0v) is 18.3. The van der Waals surface area contributed by atoms with Gasteiger partial charge in [0.25, 0.3) is 5.91 Å². The number of aliphatic hydroxyl groups is 2. The number of hydrogen-bond donors (Lipinski definition) is 6. The third kappa shape index (κ3) is 4.02. The number of alkyl halides is 1. The summed E-state index contributed by atoms with van der Waals surface area (Å²) in [7, 11) is 0. The van der Waals surface area contributed by atoms with E-state index in [1.54, 1.807) is 67.8 Å². The SMILES string of the molecule is NC1(C(=O)O)C(I)=C(C(=O)NCC(O)CO)C(I)=C(C(=O)O)C1I. The molecule has 0 saturated heterocycles. The number of amides is 1. The van der Waals surface area contributed by atoms with Gasteiger partial charge in [-0.25, -0.2) is 9.59 Å². The molecule has 12 heteroatoms. The summed E-state index contributed by atoms with van der Waals surface area (Å²) < 4.78 is -1.04. The Hall–Kier alpha value is -0.0400. The highest BCUT2D eigenvalue weighted by Gasteiger charge is 2.53. The molecule has 7 N–H and O–H groups in total. The van der Waals surface area contributed by atoms with Crippen LogP contribution in [0.1, 0.15) is 0 Å². The summed E-state index contributed by atoms with van der Waals surface area (Å²) in [4.78, 5) is 35.6. The Morgan fingerprint density at radius 1 is 1.29 bits per heavy atom. The van der Waals surface area contributed by atoms with Gasteiger partial charge in [0, 0.05) is 13.7 Å². The number of aliphatic carboxylic acids is 2. The van der Waals surface area contributed by atoms with Crippen LogP contribution in [0.4, 0.5) is 0 Å². The predicted octanol–water partition coefficient (Wildman–Crippen LogP) is -0.482. The van der Waals surface area contributed by atoms with Crippen molar-refractivity contribution in [1.82, 2.24) is 5.32 Å². The van der Waals surface area contributed by atoms with Crippen LogP contribution >= 0.6 is 67.8 Å². The fourth-order valence-electron chi connectivity index (χ4n) is 1.86. The standard InChI is InChI=1S/C12H13I3N2O7/c13-6-4(9(20)17-1-3(19)2-18)7(14)12(16,11(23)24)8(15)5(6)10(21)22/h3,8,18-19H,1-2,16H2,(H,17,20)(H,21,22)(H,23,24). The molecule has 1 aliphatic carbocycles. The summed E-state index contributed by atoms with van der Waals surface area (Å²) in [5.74, 6) is -3.62. The van der Waals surface area contributed by atoms with Gasteiger partial charge < -0.3 is 31.5 Å². The molecule has 9 nitrogen and oxygen atoms in total. The van der Waals surface area contributed by atoms with Crippen LogP contribution in [0, 0.1) is 0 Å². The third-order valence-electron chi connectivity index (χ3n) is 3.21. The molecule has 1 aliphatic rings. The number of hydrogen-bond acceptors (Lipinski definition) is 6. The molecule has 134 valence electrons. The minimum absolute atomic E-state index is 0.0163. The largest absolute Gasteiger partial charge is 0.480 e. The monoisotopic (exact) mass is 678 g/mol. The van der Waals surface area contributed by atoms with Crippen molar-refractivity contribution in [1.29, 1.82) is 0 Å². The van der Waals surface area contributed by atoms with Crippen molar-refractivity contribution in [3.8, 4) is 0 Å². The van der Waals surface area contributed by atoms with E-state index in [0.717, 1.165) is 0 Å². The molecule has 0 fully saturated rings. The average molecular weight is 678 g/mol. The van der Waals surface area contributed by atoms with Crippen LogP contribution in [0.5, 0.6) is 0 Å². The highest BCUT2D eigenvalue weighted by atomic mass is 127. The number of rotatable bonds is 6. The number of carboxylic acids is 2.